The summed E-state index contributed by atoms with van der Waals surface area (Å²) in [6, 6.07) is 14.1. The first-order valence-corrected chi connectivity index (χ1v) is 8.94. The van der Waals surface area contributed by atoms with Crippen LogP contribution in [0.5, 0.6) is 0 Å². The van der Waals surface area contributed by atoms with Crippen molar-refractivity contribution in [3.05, 3.63) is 59.1 Å². The minimum Gasteiger partial charge on any atom is -0.456 e. The second-order valence-corrected chi connectivity index (χ2v) is 6.25. The second kappa shape index (κ2) is 10.3. The summed E-state index contributed by atoms with van der Waals surface area (Å²) in [5, 5.41) is 5.78. The number of esters is 1. The molecule has 0 aromatic heterocycles. The summed E-state index contributed by atoms with van der Waals surface area (Å²) in [6.07, 6.45) is 0.743. The number of halogens is 1. The lowest BCUT2D eigenvalue weighted by atomic mass is 10.1. The molecule has 0 aliphatic rings. The lowest BCUT2D eigenvalue weighted by Crippen LogP contribution is -2.21. The van der Waals surface area contributed by atoms with Gasteiger partial charge in [0.2, 0.25) is 5.91 Å². The van der Waals surface area contributed by atoms with Crippen LogP contribution >= 0.6 is 11.6 Å². The van der Waals surface area contributed by atoms with Crippen molar-refractivity contribution >= 4 is 40.8 Å². The predicted molar refractivity (Wildman–Crippen MR) is 105 cm³/mol. The van der Waals surface area contributed by atoms with E-state index >= 15 is 0 Å². The number of hydrogen-bond donors (Lipinski definition) is 2. The molecular formula is C20H21ClN2O4. The zero-order chi connectivity index (χ0) is 19.6. The van der Waals surface area contributed by atoms with Gasteiger partial charge in [-0.1, -0.05) is 36.7 Å². The molecule has 0 bridgehead atoms. The molecule has 0 radical (unpaired) electrons. The molecule has 2 rings (SSSR count). The van der Waals surface area contributed by atoms with Crippen LogP contribution in [0.4, 0.5) is 11.4 Å². The Balaban J connectivity index is 1.67. The minimum absolute atomic E-state index is 0.0502. The first-order chi connectivity index (χ1) is 13.0. The third-order valence-electron chi connectivity index (χ3n) is 3.67. The van der Waals surface area contributed by atoms with Gasteiger partial charge < -0.3 is 15.4 Å². The van der Waals surface area contributed by atoms with Gasteiger partial charge >= 0.3 is 5.97 Å². The number of benzene rings is 2. The molecule has 0 heterocycles. The maximum atomic E-state index is 11.8. The van der Waals surface area contributed by atoms with E-state index in [0.29, 0.717) is 16.4 Å². The quantitative estimate of drug-likeness (QED) is 0.673. The summed E-state index contributed by atoms with van der Waals surface area (Å²) >= 11 is 5.84. The van der Waals surface area contributed by atoms with Crippen molar-refractivity contribution in [2.45, 2.75) is 26.2 Å². The Bertz CT molecular complexity index is 806. The van der Waals surface area contributed by atoms with Crippen molar-refractivity contribution in [2.75, 3.05) is 17.2 Å². The highest BCUT2D eigenvalue weighted by atomic mass is 35.5. The first-order valence-electron chi connectivity index (χ1n) is 8.56. The van der Waals surface area contributed by atoms with Gasteiger partial charge in [0, 0.05) is 22.8 Å². The van der Waals surface area contributed by atoms with Gasteiger partial charge in [0.25, 0.3) is 5.91 Å². The number of ether oxygens (including phenoxy) is 1. The van der Waals surface area contributed by atoms with Crippen LogP contribution in [-0.2, 0) is 25.5 Å². The van der Waals surface area contributed by atoms with Crippen LogP contribution in [-0.4, -0.2) is 24.4 Å². The predicted octanol–water partition coefficient (Wildman–Crippen LogP) is 3.80. The molecule has 2 N–H and O–H groups in total. The Labute approximate surface area is 162 Å². The largest absolute Gasteiger partial charge is 0.456 e. The molecule has 0 aliphatic carbocycles. The van der Waals surface area contributed by atoms with Crippen molar-refractivity contribution in [3.63, 3.8) is 0 Å². The number of rotatable bonds is 8. The molecule has 6 nitrogen and oxygen atoms in total. The number of hydrogen-bond acceptors (Lipinski definition) is 4. The summed E-state index contributed by atoms with van der Waals surface area (Å²) in [7, 11) is 0. The number of carbonyl (C=O) groups is 3. The number of carbonyl (C=O) groups excluding carboxylic acids is 3. The molecule has 0 unspecified atom stereocenters. The van der Waals surface area contributed by atoms with E-state index in [2.05, 4.69) is 10.6 Å². The summed E-state index contributed by atoms with van der Waals surface area (Å²) in [5.41, 5.74) is 2.35. The van der Waals surface area contributed by atoms with Gasteiger partial charge in [-0.3, -0.25) is 14.4 Å². The highest BCUT2D eigenvalue weighted by molar-refractivity contribution is 6.30. The Hall–Kier alpha value is -2.86. The van der Waals surface area contributed by atoms with Crippen LogP contribution < -0.4 is 10.6 Å². The second-order valence-electron chi connectivity index (χ2n) is 5.82. The first kappa shape index (κ1) is 20.5. The van der Waals surface area contributed by atoms with Crippen molar-refractivity contribution in [1.82, 2.24) is 0 Å². The maximum Gasteiger partial charge on any atom is 0.306 e. The molecule has 0 fully saturated rings. The molecule has 0 saturated heterocycles. The molecule has 0 atom stereocenters. The van der Waals surface area contributed by atoms with Crippen molar-refractivity contribution in [2.24, 2.45) is 0 Å². The number of aryl methyl sites for hydroxylation is 1. The average molecular weight is 389 g/mol. The van der Waals surface area contributed by atoms with Crippen LogP contribution in [0, 0.1) is 0 Å². The van der Waals surface area contributed by atoms with Gasteiger partial charge in [0.15, 0.2) is 6.61 Å². The fraction of sp³-hybridized carbons (Fsp3) is 0.250. The Morgan fingerprint density at radius 3 is 2.30 bits per heavy atom. The van der Waals surface area contributed by atoms with E-state index in [1.54, 1.807) is 36.4 Å². The Morgan fingerprint density at radius 2 is 1.63 bits per heavy atom. The van der Waals surface area contributed by atoms with Crippen molar-refractivity contribution in [3.8, 4) is 0 Å². The monoisotopic (exact) mass is 388 g/mol. The third-order valence-corrected chi connectivity index (χ3v) is 3.91. The van der Waals surface area contributed by atoms with Gasteiger partial charge in [0.05, 0.1) is 6.42 Å². The molecule has 142 valence electrons. The zero-order valence-corrected chi connectivity index (χ0v) is 15.7. The maximum absolute atomic E-state index is 11.8. The number of amides is 2. The molecule has 0 saturated carbocycles. The standard InChI is InChI=1S/C20H21ClN2O4/c1-2-14-6-8-16(9-7-14)22-19(25)13-27-20(26)11-10-18(24)23-17-5-3-4-15(21)12-17/h3-9,12H,2,10-11,13H2,1H3,(H,22,25)(H,23,24). The summed E-state index contributed by atoms with van der Waals surface area (Å²) < 4.78 is 4.89. The average Bonchev–Trinajstić information content (AvgIpc) is 2.65. The normalized spacial score (nSPS) is 10.1. The third kappa shape index (κ3) is 7.50. The highest BCUT2D eigenvalue weighted by Gasteiger charge is 2.11. The molecule has 2 aromatic carbocycles. The van der Waals surface area contributed by atoms with Crippen LogP contribution in [0.25, 0.3) is 0 Å². The van der Waals surface area contributed by atoms with E-state index in [9.17, 15) is 14.4 Å². The van der Waals surface area contributed by atoms with E-state index < -0.39 is 18.5 Å². The van der Waals surface area contributed by atoms with E-state index in [-0.39, 0.29) is 18.7 Å². The van der Waals surface area contributed by atoms with Crippen LogP contribution in [0.2, 0.25) is 5.02 Å². The zero-order valence-electron chi connectivity index (χ0n) is 15.0. The SMILES string of the molecule is CCc1ccc(NC(=O)COC(=O)CCC(=O)Nc2cccc(Cl)c2)cc1. The van der Waals surface area contributed by atoms with Gasteiger partial charge in [-0.2, -0.15) is 0 Å². The molecule has 27 heavy (non-hydrogen) atoms. The summed E-state index contributed by atoms with van der Waals surface area (Å²) in [4.78, 5) is 35.3. The van der Waals surface area contributed by atoms with E-state index in [1.165, 1.54) is 0 Å². The van der Waals surface area contributed by atoms with E-state index in [4.69, 9.17) is 16.3 Å². The topological polar surface area (TPSA) is 84.5 Å². The van der Waals surface area contributed by atoms with Crippen molar-refractivity contribution < 1.29 is 19.1 Å². The van der Waals surface area contributed by atoms with Crippen LogP contribution in [0.15, 0.2) is 48.5 Å². The van der Waals surface area contributed by atoms with Crippen LogP contribution in [0.3, 0.4) is 0 Å². The minimum atomic E-state index is -0.618. The lowest BCUT2D eigenvalue weighted by Gasteiger charge is -2.08. The summed E-state index contributed by atoms with van der Waals surface area (Å²) in [5.74, 6) is -1.39. The molecule has 0 aliphatic heterocycles. The van der Waals surface area contributed by atoms with Crippen molar-refractivity contribution in [1.29, 1.82) is 0 Å². The fourth-order valence-electron chi connectivity index (χ4n) is 2.24. The molecule has 7 heteroatoms. The van der Waals surface area contributed by atoms with Gasteiger partial charge in [-0.05, 0) is 42.3 Å². The number of nitrogens with one attached hydrogen (secondary N) is 2. The van der Waals surface area contributed by atoms with Gasteiger partial charge in [-0.15, -0.1) is 0 Å². The number of anilines is 2. The molecule has 2 amide bonds. The molecule has 2 aromatic rings. The fourth-order valence-corrected chi connectivity index (χ4v) is 2.43. The molecule has 0 spiro atoms. The lowest BCUT2D eigenvalue weighted by molar-refractivity contribution is -0.147. The Morgan fingerprint density at radius 1 is 0.926 bits per heavy atom. The van der Waals surface area contributed by atoms with Gasteiger partial charge in [0.1, 0.15) is 0 Å². The highest BCUT2D eigenvalue weighted by Crippen LogP contribution is 2.15. The van der Waals surface area contributed by atoms with E-state index in [0.717, 1.165) is 12.0 Å². The van der Waals surface area contributed by atoms with Gasteiger partial charge in [-0.25, -0.2) is 0 Å². The van der Waals surface area contributed by atoms with E-state index in [1.807, 2.05) is 19.1 Å². The Kier molecular flexibility index (Phi) is 7.82. The van der Waals surface area contributed by atoms with Crippen LogP contribution in [0.1, 0.15) is 25.3 Å². The molecular weight excluding hydrogens is 368 g/mol. The smallest absolute Gasteiger partial charge is 0.306 e. The summed E-state index contributed by atoms with van der Waals surface area (Å²) in [6.45, 7) is 1.65.